The number of hydrogen-bond acceptors (Lipinski definition) is 1. The van der Waals surface area contributed by atoms with Crippen molar-refractivity contribution < 1.29 is 13.2 Å². The van der Waals surface area contributed by atoms with Crippen molar-refractivity contribution in [3.05, 3.63) is 40.5 Å². The maximum absolute atomic E-state index is 12.6. The van der Waals surface area contributed by atoms with Crippen LogP contribution in [0, 0.1) is 6.92 Å². The number of halogens is 4. The minimum Gasteiger partial charge on any atom is -0.282 e. The summed E-state index contributed by atoms with van der Waals surface area (Å²) < 4.78 is 37.9. The maximum Gasteiger partial charge on any atom is 0.417 e. The van der Waals surface area contributed by atoms with E-state index in [-0.39, 0.29) is 5.02 Å². The molecule has 2 nitrogen and oxygen atoms in total. The number of aromatic amines is 1. The molecule has 90 valence electrons. The first kappa shape index (κ1) is 12.0. The summed E-state index contributed by atoms with van der Waals surface area (Å²) in [7, 11) is 0. The van der Waals surface area contributed by atoms with Crippen LogP contribution in [-0.2, 0) is 6.18 Å². The van der Waals surface area contributed by atoms with E-state index < -0.39 is 11.7 Å². The van der Waals surface area contributed by atoms with Gasteiger partial charge in [0.2, 0.25) is 0 Å². The van der Waals surface area contributed by atoms with Gasteiger partial charge in [0.05, 0.1) is 16.3 Å². The zero-order chi connectivity index (χ0) is 12.6. The molecule has 0 bridgehead atoms. The van der Waals surface area contributed by atoms with Gasteiger partial charge in [0.25, 0.3) is 0 Å². The number of nitrogens with zero attached hydrogens (tertiary/aromatic N) is 1. The van der Waals surface area contributed by atoms with Crippen LogP contribution in [-0.4, -0.2) is 10.2 Å². The molecule has 1 aromatic carbocycles. The molecule has 6 heteroatoms. The van der Waals surface area contributed by atoms with E-state index in [0.717, 1.165) is 11.8 Å². The smallest absolute Gasteiger partial charge is 0.282 e. The number of H-pyrrole nitrogens is 1. The summed E-state index contributed by atoms with van der Waals surface area (Å²) >= 11 is 5.53. The molecule has 1 N–H and O–H groups in total. The molecule has 0 aliphatic rings. The number of aryl methyl sites for hydroxylation is 1. The lowest BCUT2D eigenvalue weighted by Crippen LogP contribution is -2.05. The molecule has 2 aromatic rings. The molecular weight excluding hydrogens is 253 g/mol. The van der Waals surface area contributed by atoms with Gasteiger partial charge in [-0.3, -0.25) is 5.10 Å². The van der Waals surface area contributed by atoms with Crippen molar-refractivity contribution >= 4 is 11.6 Å². The number of alkyl halides is 3. The zero-order valence-electron chi connectivity index (χ0n) is 8.77. The van der Waals surface area contributed by atoms with E-state index in [9.17, 15) is 13.2 Å². The number of aromatic nitrogens is 2. The van der Waals surface area contributed by atoms with Gasteiger partial charge in [0, 0.05) is 11.3 Å². The lowest BCUT2D eigenvalue weighted by atomic mass is 10.1. The predicted molar refractivity (Wildman–Crippen MR) is 58.8 cm³/mol. The van der Waals surface area contributed by atoms with Crippen molar-refractivity contribution in [1.29, 1.82) is 0 Å². The number of nitrogens with one attached hydrogen (secondary N) is 1. The Morgan fingerprint density at radius 2 is 1.94 bits per heavy atom. The summed E-state index contributed by atoms with van der Waals surface area (Å²) in [6.07, 6.45) is -4.46. The van der Waals surface area contributed by atoms with Crippen molar-refractivity contribution in [2.75, 3.05) is 0 Å². The fourth-order valence-corrected chi connectivity index (χ4v) is 1.69. The Hall–Kier alpha value is -1.49. The summed E-state index contributed by atoms with van der Waals surface area (Å²) in [5, 5.41) is 6.27. The van der Waals surface area contributed by atoms with E-state index in [0.29, 0.717) is 11.3 Å². The van der Waals surface area contributed by atoms with E-state index in [4.69, 9.17) is 11.6 Å². The van der Waals surface area contributed by atoms with Gasteiger partial charge in [-0.25, -0.2) is 0 Å². The third-order valence-corrected chi connectivity index (χ3v) is 2.60. The molecular formula is C11H8ClF3N2. The minimum atomic E-state index is -4.46. The highest BCUT2D eigenvalue weighted by Gasteiger charge is 2.33. The van der Waals surface area contributed by atoms with Gasteiger partial charge >= 0.3 is 6.18 Å². The molecule has 0 saturated heterocycles. The van der Waals surface area contributed by atoms with Gasteiger partial charge in [-0.15, -0.1) is 0 Å². The van der Waals surface area contributed by atoms with Crippen LogP contribution in [0.3, 0.4) is 0 Å². The topological polar surface area (TPSA) is 28.7 Å². The first-order valence-electron chi connectivity index (χ1n) is 4.77. The number of rotatable bonds is 1. The first-order valence-corrected chi connectivity index (χ1v) is 5.15. The molecule has 1 aromatic heterocycles. The van der Waals surface area contributed by atoms with Crippen LogP contribution in [0.2, 0.25) is 5.02 Å². The molecule has 0 spiro atoms. The van der Waals surface area contributed by atoms with E-state index in [1.807, 2.05) is 0 Å². The predicted octanol–water partition coefficient (Wildman–Crippen LogP) is 4.06. The first-order chi connectivity index (χ1) is 7.88. The Bertz CT molecular complexity index is 546. The minimum absolute atomic E-state index is 0.312. The summed E-state index contributed by atoms with van der Waals surface area (Å²) in [5.41, 5.74) is 0.775. The molecule has 1 heterocycles. The normalized spacial score (nSPS) is 11.8. The van der Waals surface area contributed by atoms with Crippen LogP contribution < -0.4 is 0 Å². The Balaban J connectivity index is 2.51. The molecule has 0 radical (unpaired) electrons. The van der Waals surface area contributed by atoms with Crippen LogP contribution in [0.4, 0.5) is 13.2 Å². The zero-order valence-corrected chi connectivity index (χ0v) is 9.52. The molecule has 0 amide bonds. The molecule has 0 atom stereocenters. The second kappa shape index (κ2) is 4.07. The molecule has 17 heavy (non-hydrogen) atoms. The largest absolute Gasteiger partial charge is 0.417 e. The van der Waals surface area contributed by atoms with E-state index in [1.54, 1.807) is 13.0 Å². The fraction of sp³-hybridized carbons (Fsp3) is 0.182. The highest BCUT2D eigenvalue weighted by Crippen LogP contribution is 2.36. The molecule has 0 fully saturated rings. The van der Waals surface area contributed by atoms with Gasteiger partial charge < -0.3 is 0 Å². The molecule has 0 saturated carbocycles. The van der Waals surface area contributed by atoms with Crippen LogP contribution in [0.15, 0.2) is 24.3 Å². The second-order valence-electron chi connectivity index (χ2n) is 3.63. The Kier molecular flexibility index (Phi) is 2.87. The summed E-state index contributed by atoms with van der Waals surface area (Å²) in [5.74, 6) is 0. The van der Waals surface area contributed by atoms with Crippen molar-refractivity contribution in [1.82, 2.24) is 10.2 Å². The van der Waals surface area contributed by atoms with Crippen LogP contribution >= 0.6 is 11.6 Å². The van der Waals surface area contributed by atoms with E-state index in [2.05, 4.69) is 10.2 Å². The molecule has 0 unspecified atom stereocenters. The van der Waals surface area contributed by atoms with Crippen molar-refractivity contribution in [2.24, 2.45) is 0 Å². The SMILES string of the molecule is Cc1cc(-c2ccc(Cl)c(C(F)(F)F)c2)n[nH]1. The summed E-state index contributed by atoms with van der Waals surface area (Å²) in [6, 6.07) is 5.40. The van der Waals surface area contributed by atoms with Gasteiger partial charge in [-0.05, 0) is 25.1 Å². The molecule has 2 rings (SSSR count). The maximum atomic E-state index is 12.6. The Labute approximate surface area is 100 Å². The average Bonchev–Trinajstić information content (AvgIpc) is 2.64. The highest BCUT2D eigenvalue weighted by atomic mass is 35.5. The lowest BCUT2D eigenvalue weighted by Gasteiger charge is -2.09. The van der Waals surface area contributed by atoms with Crippen molar-refractivity contribution in [3.63, 3.8) is 0 Å². The highest BCUT2D eigenvalue weighted by molar-refractivity contribution is 6.31. The summed E-state index contributed by atoms with van der Waals surface area (Å²) in [4.78, 5) is 0. The standard InChI is InChI=1S/C11H8ClF3N2/c1-6-4-10(17-16-6)7-2-3-9(12)8(5-7)11(13,14)15/h2-5H,1H3,(H,16,17). The van der Waals surface area contributed by atoms with Gasteiger partial charge in [0.1, 0.15) is 0 Å². The van der Waals surface area contributed by atoms with Gasteiger partial charge in [-0.1, -0.05) is 17.7 Å². The van der Waals surface area contributed by atoms with Crippen molar-refractivity contribution in [3.8, 4) is 11.3 Å². The Morgan fingerprint density at radius 3 is 2.47 bits per heavy atom. The number of hydrogen-bond donors (Lipinski definition) is 1. The molecule has 0 aliphatic heterocycles. The van der Waals surface area contributed by atoms with Crippen LogP contribution in [0.25, 0.3) is 11.3 Å². The average molecular weight is 261 g/mol. The van der Waals surface area contributed by atoms with Gasteiger partial charge in [-0.2, -0.15) is 18.3 Å². The van der Waals surface area contributed by atoms with Crippen molar-refractivity contribution in [2.45, 2.75) is 13.1 Å². The monoisotopic (exact) mass is 260 g/mol. The summed E-state index contributed by atoms with van der Waals surface area (Å²) in [6.45, 7) is 1.77. The second-order valence-corrected chi connectivity index (χ2v) is 4.04. The lowest BCUT2D eigenvalue weighted by molar-refractivity contribution is -0.137. The third kappa shape index (κ3) is 2.44. The van der Waals surface area contributed by atoms with Gasteiger partial charge in [0.15, 0.2) is 0 Å². The quantitative estimate of drug-likeness (QED) is 0.823. The fourth-order valence-electron chi connectivity index (χ4n) is 1.47. The van der Waals surface area contributed by atoms with Crippen LogP contribution in [0.1, 0.15) is 11.3 Å². The molecule has 0 aliphatic carbocycles. The van der Waals surface area contributed by atoms with E-state index >= 15 is 0 Å². The third-order valence-electron chi connectivity index (χ3n) is 2.27. The van der Waals surface area contributed by atoms with E-state index in [1.165, 1.54) is 12.1 Å². The number of benzene rings is 1. The van der Waals surface area contributed by atoms with Crippen LogP contribution in [0.5, 0.6) is 0 Å². The Morgan fingerprint density at radius 1 is 1.24 bits per heavy atom.